The van der Waals surface area contributed by atoms with E-state index in [1.54, 1.807) is 7.11 Å². The first-order valence-electron chi connectivity index (χ1n) is 7.28. The van der Waals surface area contributed by atoms with Gasteiger partial charge in [-0.25, -0.2) is 9.97 Å². The van der Waals surface area contributed by atoms with E-state index >= 15 is 0 Å². The van der Waals surface area contributed by atoms with Gasteiger partial charge in [-0.05, 0) is 26.7 Å². The van der Waals surface area contributed by atoms with E-state index in [0.29, 0.717) is 5.92 Å². The third kappa shape index (κ3) is 2.28. The maximum absolute atomic E-state index is 5.56. The van der Waals surface area contributed by atoms with Crippen LogP contribution < -0.4 is 5.32 Å². The molecule has 1 aliphatic carbocycles. The van der Waals surface area contributed by atoms with Gasteiger partial charge in [0.25, 0.3) is 0 Å². The van der Waals surface area contributed by atoms with Gasteiger partial charge in [0.05, 0.1) is 11.4 Å². The van der Waals surface area contributed by atoms with Crippen LogP contribution >= 0.6 is 0 Å². The van der Waals surface area contributed by atoms with Gasteiger partial charge in [0, 0.05) is 38.1 Å². The van der Waals surface area contributed by atoms with Crippen molar-refractivity contribution >= 4 is 0 Å². The molecule has 19 heavy (non-hydrogen) atoms. The molecule has 2 aliphatic rings. The molecule has 1 aromatic heterocycles. The molecule has 1 aliphatic heterocycles. The Balaban J connectivity index is 2.07. The molecule has 0 atom stereocenters. The summed E-state index contributed by atoms with van der Waals surface area (Å²) in [7, 11) is 1.73. The standard InChI is InChI=1S/C15H23N3O/c1-15(2,19-3)14-17-12-7-8-16-9-11(12)13(18-14)10-5-4-6-10/h10,16H,4-9H2,1-3H3. The van der Waals surface area contributed by atoms with E-state index in [0.717, 1.165) is 25.3 Å². The minimum Gasteiger partial charge on any atom is -0.371 e. The van der Waals surface area contributed by atoms with E-state index in [1.807, 2.05) is 13.8 Å². The zero-order valence-corrected chi connectivity index (χ0v) is 12.1. The maximum Gasteiger partial charge on any atom is 0.160 e. The third-order valence-corrected chi connectivity index (χ3v) is 4.51. The smallest absolute Gasteiger partial charge is 0.160 e. The Morgan fingerprint density at radius 3 is 2.68 bits per heavy atom. The van der Waals surface area contributed by atoms with Crippen LogP contribution in [0.1, 0.15) is 61.8 Å². The predicted octanol–water partition coefficient (Wildman–Crippen LogP) is 2.27. The van der Waals surface area contributed by atoms with Gasteiger partial charge in [-0.3, -0.25) is 0 Å². The lowest BCUT2D eigenvalue weighted by Crippen LogP contribution is -2.32. The van der Waals surface area contributed by atoms with Crippen LogP contribution in [0, 0.1) is 0 Å². The molecule has 2 heterocycles. The summed E-state index contributed by atoms with van der Waals surface area (Å²) in [6, 6.07) is 0. The van der Waals surface area contributed by atoms with Gasteiger partial charge < -0.3 is 10.1 Å². The number of aromatic nitrogens is 2. The van der Waals surface area contributed by atoms with E-state index in [1.165, 1.54) is 36.2 Å². The second kappa shape index (κ2) is 4.84. The molecule has 4 heteroatoms. The van der Waals surface area contributed by atoms with Crippen molar-refractivity contribution in [1.29, 1.82) is 0 Å². The highest BCUT2D eigenvalue weighted by molar-refractivity contribution is 5.32. The van der Waals surface area contributed by atoms with Gasteiger partial charge in [0.1, 0.15) is 5.60 Å². The number of nitrogens with zero attached hydrogens (tertiary/aromatic N) is 2. The van der Waals surface area contributed by atoms with Gasteiger partial charge in [0.2, 0.25) is 0 Å². The Kier molecular flexibility index (Phi) is 3.31. The normalized spacial score (nSPS) is 19.9. The van der Waals surface area contributed by atoms with Gasteiger partial charge in [-0.15, -0.1) is 0 Å². The van der Waals surface area contributed by atoms with E-state index in [9.17, 15) is 0 Å². The van der Waals surface area contributed by atoms with E-state index in [-0.39, 0.29) is 0 Å². The summed E-state index contributed by atoms with van der Waals surface area (Å²) in [5.74, 6) is 1.49. The third-order valence-electron chi connectivity index (χ3n) is 4.51. The summed E-state index contributed by atoms with van der Waals surface area (Å²) >= 11 is 0. The molecule has 1 N–H and O–H groups in total. The molecule has 0 aromatic carbocycles. The number of methoxy groups -OCH3 is 1. The Morgan fingerprint density at radius 1 is 1.26 bits per heavy atom. The fourth-order valence-corrected chi connectivity index (χ4v) is 2.75. The lowest BCUT2D eigenvalue weighted by Gasteiger charge is -2.32. The maximum atomic E-state index is 5.56. The first-order chi connectivity index (χ1) is 9.12. The lowest BCUT2D eigenvalue weighted by molar-refractivity contribution is 0.0108. The summed E-state index contributed by atoms with van der Waals surface area (Å²) in [5.41, 5.74) is 3.46. The Bertz CT molecular complexity index is 481. The molecular formula is C15H23N3O. The van der Waals surface area contributed by atoms with Crippen LogP contribution in [0.15, 0.2) is 0 Å². The second-order valence-electron chi connectivity index (χ2n) is 6.13. The lowest BCUT2D eigenvalue weighted by atomic mass is 9.80. The molecule has 0 bridgehead atoms. The molecule has 1 fully saturated rings. The predicted molar refractivity (Wildman–Crippen MR) is 74.1 cm³/mol. The summed E-state index contributed by atoms with van der Waals surface area (Å²) in [5, 5.41) is 3.45. The summed E-state index contributed by atoms with van der Waals surface area (Å²) in [4.78, 5) is 9.66. The van der Waals surface area contributed by atoms with Gasteiger partial charge in [-0.2, -0.15) is 0 Å². The summed E-state index contributed by atoms with van der Waals surface area (Å²) in [6.07, 6.45) is 4.89. The fourth-order valence-electron chi connectivity index (χ4n) is 2.75. The molecule has 3 rings (SSSR count). The zero-order chi connectivity index (χ0) is 13.5. The zero-order valence-electron chi connectivity index (χ0n) is 12.1. The van der Waals surface area contributed by atoms with Crippen LogP contribution in [0.4, 0.5) is 0 Å². The average Bonchev–Trinajstić information content (AvgIpc) is 2.36. The number of hydrogen-bond acceptors (Lipinski definition) is 4. The van der Waals surface area contributed by atoms with E-state index in [2.05, 4.69) is 5.32 Å². The SMILES string of the molecule is COC(C)(C)c1nc2c(c(C3CCC3)n1)CNCC2. The monoisotopic (exact) mass is 261 g/mol. The van der Waals surface area contributed by atoms with Crippen LogP contribution in [0.25, 0.3) is 0 Å². The van der Waals surface area contributed by atoms with Gasteiger partial charge in [0.15, 0.2) is 5.82 Å². The van der Waals surface area contributed by atoms with Crippen molar-refractivity contribution in [2.45, 2.75) is 57.6 Å². The minimum atomic E-state index is -0.404. The molecule has 1 aromatic rings. The van der Waals surface area contributed by atoms with E-state index in [4.69, 9.17) is 14.7 Å². The van der Waals surface area contributed by atoms with Crippen molar-refractivity contribution in [1.82, 2.24) is 15.3 Å². The number of ether oxygens (including phenoxy) is 1. The Hall–Kier alpha value is -1.00. The highest BCUT2D eigenvalue weighted by atomic mass is 16.5. The second-order valence-corrected chi connectivity index (χ2v) is 6.13. The van der Waals surface area contributed by atoms with Crippen molar-refractivity contribution in [3.05, 3.63) is 22.8 Å². The van der Waals surface area contributed by atoms with Crippen LogP contribution in [0.3, 0.4) is 0 Å². The molecule has 104 valence electrons. The Morgan fingerprint density at radius 2 is 2.05 bits per heavy atom. The molecule has 1 saturated carbocycles. The van der Waals surface area contributed by atoms with Crippen LogP contribution in [0.5, 0.6) is 0 Å². The number of hydrogen-bond donors (Lipinski definition) is 1. The van der Waals surface area contributed by atoms with Gasteiger partial charge in [-0.1, -0.05) is 6.42 Å². The highest BCUT2D eigenvalue weighted by Crippen LogP contribution is 2.39. The first-order valence-corrected chi connectivity index (χ1v) is 7.28. The van der Waals surface area contributed by atoms with Crippen LogP contribution in [-0.4, -0.2) is 23.6 Å². The number of fused-ring (bicyclic) bond motifs is 1. The molecular weight excluding hydrogens is 238 g/mol. The number of nitrogens with one attached hydrogen (secondary N) is 1. The van der Waals surface area contributed by atoms with E-state index < -0.39 is 5.60 Å². The average molecular weight is 261 g/mol. The van der Waals surface area contributed by atoms with Gasteiger partial charge >= 0.3 is 0 Å². The molecule has 0 saturated heterocycles. The largest absolute Gasteiger partial charge is 0.371 e. The van der Waals surface area contributed by atoms with Crippen LogP contribution in [-0.2, 0) is 23.3 Å². The molecule has 0 spiro atoms. The first kappa shape index (κ1) is 13.0. The van der Waals surface area contributed by atoms with Crippen molar-refractivity contribution in [2.24, 2.45) is 0 Å². The molecule has 0 radical (unpaired) electrons. The van der Waals surface area contributed by atoms with Crippen LogP contribution in [0.2, 0.25) is 0 Å². The molecule has 4 nitrogen and oxygen atoms in total. The van der Waals surface area contributed by atoms with Crippen molar-refractivity contribution in [2.75, 3.05) is 13.7 Å². The van der Waals surface area contributed by atoms with Crippen molar-refractivity contribution in [3.63, 3.8) is 0 Å². The summed E-state index contributed by atoms with van der Waals surface area (Å²) < 4.78 is 5.56. The van der Waals surface area contributed by atoms with Crippen molar-refractivity contribution in [3.8, 4) is 0 Å². The molecule has 0 unspecified atom stereocenters. The van der Waals surface area contributed by atoms with Crippen molar-refractivity contribution < 1.29 is 4.74 Å². The highest BCUT2D eigenvalue weighted by Gasteiger charge is 2.31. The Labute approximate surface area is 115 Å². The quantitative estimate of drug-likeness (QED) is 0.906. The fraction of sp³-hybridized carbons (Fsp3) is 0.733. The summed E-state index contributed by atoms with van der Waals surface area (Å²) in [6.45, 7) is 6.02. The number of rotatable bonds is 3. The topological polar surface area (TPSA) is 47.0 Å². The minimum absolute atomic E-state index is 0.404. The molecule has 0 amide bonds.